The zero-order chi connectivity index (χ0) is 14.6. The van der Waals surface area contributed by atoms with Gasteiger partial charge in [-0.1, -0.05) is 12.1 Å². The molecule has 0 saturated carbocycles. The predicted molar refractivity (Wildman–Crippen MR) is 75.1 cm³/mol. The molecule has 106 valence electrons. The summed E-state index contributed by atoms with van der Waals surface area (Å²) in [6.45, 7) is 2.26. The second-order valence-electron chi connectivity index (χ2n) is 4.33. The number of sulfonamides is 1. The van der Waals surface area contributed by atoms with Gasteiger partial charge in [-0.25, -0.2) is 23.1 Å². The first-order chi connectivity index (χ1) is 9.53. The maximum atomic E-state index is 12.2. The number of rotatable bonds is 5. The molecule has 0 atom stereocenters. The van der Waals surface area contributed by atoms with E-state index in [-0.39, 0.29) is 11.4 Å². The van der Waals surface area contributed by atoms with Crippen LogP contribution in [0.25, 0.3) is 0 Å². The summed E-state index contributed by atoms with van der Waals surface area (Å²) in [6.07, 6.45) is 2.95. The number of nitrogens with one attached hydrogen (secondary N) is 1. The van der Waals surface area contributed by atoms with E-state index >= 15 is 0 Å². The lowest BCUT2D eigenvalue weighted by molar-refractivity contribution is 0.579. The molecule has 0 bridgehead atoms. The van der Waals surface area contributed by atoms with E-state index in [1.165, 1.54) is 6.33 Å². The van der Waals surface area contributed by atoms with Crippen molar-refractivity contribution in [1.82, 2.24) is 14.7 Å². The molecule has 0 amide bonds. The van der Waals surface area contributed by atoms with Gasteiger partial charge >= 0.3 is 0 Å². The smallest absolute Gasteiger partial charge is 0.241 e. The Morgan fingerprint density at radius 2 is 2.10 bits per heavy atom. The van der Waals surface area contributed by atoms with E-state index < -0.39 is 10.0 Å². The van der Waals surface area contributed by atoms with Crippen LogP contribution in [0.15, 0.2) is 41.7 Å². The zero-order valence-corrected chi connectivity index (χ0v) is 11.9. The fraction of sp³-hybridized carbons (Fsp3) is 0.231. The summed E-state index contributed by atoms with van der Waals surface area (Å²) >= 11 is 0. The number of benzene rings is 1. The number of hydrogen-bond acceptors (Lipinski definition) is 5. The SMILES string of the molecule is Cc1cc(CN)ccc1S(=O)(=O)NCc1ccncn1. The lowest BCUT2D eigenvalue weighted by atomic mass is 10.1. The van der Waals surface area contributed by atoms with E-state index in [9.17, 15) is 8.42 Å². The molecule has 0 fully saturated rings. The van der Waals surface area contributed by atoms with Crippen molar-refractivity contribution in [2.75, 3.05) is 0 Å². The monoisotopic (exact) mass is 292 g/mol. The fourth-order valence-electron chi connectivity index (χ4n) is 1.81. The van der Waals surface area contributed by atoms with Crippen LogP contribution in [0.3, 0.4) is 0 Å². The molecule has 2 aromatic rings. The summed E-state index contributed by atoms with van der Waals surface area (Å²) in [4.78, 5) is 8.01. The van der Waals surface area contributed by atoms with Crippen LogP contribution in [0.5, 0.6) is 0 Å². The van der Waals surface area contributed by atoms with Crippen molar-refractivity contribution in [3.05, 3.63) is 53.6 Å². The molecule has 0 unspecified atom stereocenters. The first kappa shape index (κ1) is 14.6. The summed E-state index contributed by atoms with van der Waals surface area (Å²) in [7, 11) is -3.57. The summed E-state index contributed by atoms with van der Waals surface area (Å²) in [5.41, 5.74) is 7.71. The third-order valence-corrected chi connectivity index (χ3v) is 4.41. The quantitative estimate of drug-likeness (QED) is 0.846. The van der Waals surface area contributed by atoms with Crippen LogP contribution in [0.4, 0.5) is 0 Å². The molecule has 0 saturated heterocycles. The lowest BCUT2D eigenvalue weighted by Gasteiger charge is -2.10. The fourth-order valence-corrected chi connectivity index (χ4v) is 3.03. The Labute approximate surface area is 118 Å². The Morgan fingerprint density at radius 1 is 1.30 bits per heavy atom. The maximum absolute atomic E-state index is 12.2. The highest BCUT2D eigenvalue weighted by molar-refractivity contribution is 7.89. The second kappa shape index (κ2) is 6.08. The maximum Gasteiger partial charge on any atom is 0.241 e. The van der Waals surface area contributed by atoms with Crippen LogP contribution in [0.1, 0.15) is 16.8 Å². The van der Waals surface area contributed by atoms with Crippen molar-refractivity contribution in [2.45, 2.75) is 24.9 Å². The van der Waals surface area contributed by atoms with E-state index in [0.717, 1.165) is 5.56 Å². The molecule has 7 heteroatoms. The highest BCUT2D eigenvalue weighted by Crippen LogP contribution is 2.16. The van der Waals surface area contributed by atoms with Crippen LogP contribution in [0, 0.1) is 6.92 Å². The van der Waals surface area contributed by atoms with Gasteiger partial charge in [0.15, 0.2) is 0 Å². The van der Waals surface area contributed by atoms with Gasteiger partial charge in [0, 0.05) is 12.7 Å². The first-order valence-corrected chi connectivity index (χ1v) is 7.55. The largest absolute Gasteiger partial charge is 0.326 e. The minimum absolute atomic E-state index is 0.128. The van der Waals surface area contributed by atoms with Gasteiger partial charge in [0.25, 0.3) is 0 Å². The Hall–Kier alpha value is -1.83. The summed E-state index contributed by atoms with van der Waals surface area (Å²) < 4.78 is 27.0. The lowest BCUT2D eigenvalue weighted by Crippen LogP contribution is -2.24. The molecule has 2 rings (SSSR count). The van der Waals surface area contributed by atoms with Crippen molar-refractivity contribution in [3.8, 4) is 0 Å². The van der Waals surface area contributed by atoms with Gasteiger partial charge in [0.2, 0.25) is 10.0 Å². The normalized spacial score (nSPS) is 11.5. The van der Waals surface area contributed by atoms with E-state index in [1.54, 1.807) is 37.4 Å². The van der Waals surface area contributed by atoms with Gasteiger partial charge in [0.05, 0.1) is 17.1 Å². The van der Waals surface area contributed by atoms with Crippen molar-refractivity contribution in [1.29, 1.82) is 0 Å². The molecule has 1 aromatic carbocycles. The summed E-state index contributed by atoms with van der Waals surface area (Å²) in [5, 5.41) is 0. The van der Waals surface area contributed by atoms with Crippen LogP contribution in [0.2, 0.25) is 0 Å². The van der Waals surface area contributed by atoms with E-state index in [1.807, 2.05) is 0 Å². The van der Waals surface area contributed by atoms with Gasteiger partial charge in [0.1, 0.15) is 6.33 Å². The van der Waals surface area contributed by atoms with Gasteiger partial charge in [-0.3, -0.25) is 0 Å². The third-order valence-electron chi connectivity index (χ3n) is 2.85. The second-order valence-corrected chi connectivity index (χ2v) is 6.06. The van der Waals surface area contributed by atoms with Crippen LogP contribution in [-0.4, -0.2) is 18.4 Å². The van der Waals surface area contributed by atoms with E-state index in [2.05, 4.69) is 14.7 Å². The zero-order valence-electron chi connectivity index (χ0n) is 11.1. The van der Waals surface area contributed by atoms with Gasteiger partial charge in [-0.05, 0) is 30.2 Å². The molecule has 1 heterocycles. The van der Waals surface area contributed by atoms with Crippen molar-refractivity contribution < 1.29 is 8.42 Å². The minimum Gasteiger partial charge on any atom is -0.326 e. The Morgan fingerprint density at radius 3 is 2.70 bits per heavy atom. The Balaban J connectivity index is 2.18. The Bertz CT molecular complexity index is 687. The molecule has 0 radical (unpaired) electrons. The molecule has 0 aliphatic carbocycles. The predicted octanol–water partition coefficient (Wildman–Crippen LogP) is 0.722. The van der Waals surface area contributed by atoms with Crippen LogP contribution < -0.4 is 10.5 Å². The third kappa shape index (κ3) is 3.38. The van der Waals surface area contributed by atoms with Gasteiger partial charge < -0.3 is 5.73 Å². The molecule has 0 spiro atoms. The van der Waals surface area contributed by atoms with Crippen molar-refractivity contribution in [2.24, 2.45) is 5.73 Å². The Kier molecular flexibility index (Phi) is 4.43. The number of aryl methyl sites for hydroxylation is 1. The van der Waals surface area contributed by atoms with E-state index in [0.29, 0.717) is 17.8 Å². The highest BCUT2D eigenvalue weighted by Gasteiger charge is 2.16. The first-order valence-electron chi connectivity index (χ1n) is 6.07. The number of aromatic nitrogens is 2. The average molecular weight is 292 g/mol. The van der Waals surface area contributed by atoms with Crippen LogP contribution >= 0.6 is 0 Å². The minimum atomic E-state index is -3.57. The molecular weight excluding hydrogens is 276 g/mol. The highest BCUT2D eigenvalue weighted by atomic mass is 32.2. The number of hydrogen-bond donors (Lipinski definition) is 2. The molecule has 6 nitrogen and oxygen atoms in total. The topological polar surface area (TPSA) is 98.0 Å². The summed E-state index contributed by atoms with van der Waals surface area (Å²) in [6, 6.07) is 6.72. The number of nitrogens with two attached hydrogens (primary N) is 1. The summed E-state index contributed by atoms with van der Waals surface area (Å²) in [5.74, 6) is 0. The molecule has 20 heavy (non-hydrogen) atoms. The molecule has 0 aliphatic rings. The number of nitrogens with zero attached hydrogens (tertiary/aromatic N) is 2. The van der Waals surface area contributed by atoms with Gasteiger partial charge in [-0.2, -0.15) is 0 Å². The molecular formula is C13H16N4O2S. The average Bonchev–Trinajstić information content (AvgIpc) is 2.46. The van der Waals surface area contributed by atoms with Crippen molar-refractivity contribution in [3.63, 3.8) is 0 Å². The van der Waals surface area contributed by atoms with E-state index in [4.69, 9.17) is 5.73 Å². The molecule has 0 aliphatic heterocycles. The molecule has 3 N–H and O–H groups in total. The van der Waals surface area contributed by atoms with Crippen molar-refractivity contribution >= 4 is 10.0 Å². The molecule has 1 aromatic heterocycles. The van der Waals surface area contributed by atoms with Crippen LogP contribution in [-0.2, 0) is 23.1 Å². The van der Waals surface area contributed by atoms with Gasteiger partial charge in [-0.15, -0.1) is 0 Å². The standard InChI is InChI=1S/C13H16N4O2S/c1-10-6-11(7-14)2-3-13(10)20(18,19)17-8-12-4-5-15-9-16-12/h2-6,9,17H,7-8,14H2,1H3.